The van der Waals surface area contributed by atoms with E-state index in [0.29, 0.717) is 24.9 Å². The Morgan fingerprint density at radius 1 is 1.04 bits per heavy atom. The molecule has 2 amide bonds. The van der Waals surface area contributed by atoms with Crippen molar-refractivity contribution in [1.29, 1.82) is 0 Å². The van der Waals surface area contributed by atoms with E-state index in [1.165, 1.54) is 12.1 Å². The second-order valence-corrected chi connectivity index (χ2v) is 5.60. The maximum atomic E-state index is 12.3. The van der Waals surface area contributed by atoms with Crippen molar-refractivity contribution in [3.8, 4) is 0 Å². The first-order valence-corrected chi connectivity index (χ1v) is 7.56. The number of carbonyl (C=O) groups is 3. The van der Waals surface area contributed by atoms with Crippen LogP contribution in [0.2, 0.25) is 0 Å². The number of nitrogens with one attached hydrogen (secondary N) is 2. The number of hydrogen-bond donors (Lipinski definition) is 3. The van der Waals surface area contributed by atoms with Gasteiger partial charge in [-0.25, -0.2) is 4.79 Å². The number of carboxylic acids is 1. The highest BCUT2D eigenvalue weighted by molar-refractivity contribution is 5.97. The minimum atomic E-state index is -0.980. The Kier molecular flexibility index (Phi) is 4.29. The normalized spacial score (nSPS) is 12.9. The van der Waals surface area contributed by atoms with Gasteiger partial charge >= 0.3 is 5.97 Å². The number of amides is 2. The van der Waals surface area contributed by atoms with Crippen LogP contribution >= 0.6 is 0 Å². The minimum Gasteiger partial charge on any atom is -0.478 e. The summed E-state index contributed by atoms with van der Waals surface area (Å²) in [7, 11) is 0. The van der Waals surface area contributed by atoms with Crippen molar-refractivity contribution < 1.29 is 19.5 Å². The summed E-state index contributed by atoms with van der Waals surface area (Å²) in [6, 6.07) is 11.6. The van der Waals surface area contributed by atoms with Crippen LogP contribution < -0.4 is 10.6 Å². The minimum absolute atomic E-state index is 0.00971. The van der Waals surface area contributed by atoms with Crippen LogP contribution in [0.5, 0.6) is 0 Å². The molecule has 2 aromatic rings. The van der Waals surface area contributed by atoms with Crippen molar-refractivity contribution in [3.05, 3.63) is 64.7 Å². The summed E-state index contributed by atoms with van der Waals surface area (Å²) >= 11 is 0. The average molecular weight is 324 g/mol. The fourth-order valence-electron chi connectivity index (χ4n) is 2.57. The lowest BCUT2D eigenvalue weighted by Crippen LogP contribution is -2.24. The molecule has 2 aromatic carbocycles. The molecule has 0 atom stereocenters. The lowest BCUT2D eigenvalue weighted by molar-refractivity contribution is -0.116. The van der Waals surface area contributed by atoms with Gasteiger partial charge in [-0.05, 0) is 47.9 Å². The number of aryl methyl sites for hydroxylation is 1. The van der Waals surface area contributed by atoms with Gasteiger partial charge in [0.2, 0.25) is 5.91 Å². The third kappa shape index (κ3) is 3.43. The van der Waals surface area contributed by atoms with Gasteiger partial charge in [0.15, 0.2) is 0 Å². The third-order valence-electron chi connectivity index (χ3n) is 3.92. The molecule has 1 heterocycles. The summed E-state index contributed by atoms with van der Waals surface area (Å²) in [5, 5.41) is 14.4. The van der Waals surface area contributed by atoms with Gasteiger partial charge in [0.25, 0.3) is 5.91 Å². The molecule has 0 saturated heterocycles. The SMILES string of the molecule is O=C1CCc2cc(C(=O)NCc3ccc(C(=O)O)cc3)ccc2N1. The molecule has 0 fully saturated rings. The Bertz CT molecular complexity index is 812. The fourth-order valence-corrected chi connectivity index (χ4v) is 2.57. The van der Waals surface area contributed by atoms with Crippen molar-refractivity contribution in [1.82, 2.24) is 5.32 Å². The summed E-state index contributed by atoms with van der Waals surface area (Å²) in [5.74, 6) is -1.20. The van der Waals surface area contributed by atoms with Gasteiger partial charge in [-0.3, -0.25) is 9.59 Å². The molecule has 1 aliphatic heterocycles. The van der Waals surface area contributed by atoms with E-state index < -0.39 is 5.97 Å². The largest absolute Gasteiger partial charge is 0.478 e. The van der Waals surface area contributed by atoms with Crippen LogP contribution in [0.25, 0.3) is 0 Å². The maximum absolute atomic E-state index is 12.3. The smallest absolute Gasteiger partial charge is 0.335 e. The standard InChI is InChI=1S/C18H16N2O4/c21-16-8-6-13-9-14(5-7-15(13)20-16)17(22)19-10-11-1-3-12(4-2-11)18(23)24/h1-5,7,9H,6,8,10H2,(H,19,22)(H,20,21)(H,23,24). The molecule has 3 rings (SSSR count). The van der Waals surface area contributed by atoms with Crippen LogP contribution in [0.4, 0.5) is 5.69 Å². The van der Waals surface area contributed by atoms with Gasteiger partial charge in [0.05, 0.1) is 5.56 Å². The van der Waals surface area contributed by atoms with Gasteiger partial charge in [-0.15, -0.1) is 0 Å². The topological polar surface area (TPSA) is 95.5 Å². The zero-order valence-corrected chi connectivity index (χ0v) is 12.8. The predicted molar refractivity (Wildman–Crippen MR) is 88.0 cm³/mol. The average Bonchev–Trinajstić information content (AvgIpc) is 2.59. The number of hydrogen-bond acceptors (Lipinski definition) is 3. The molecular weight excluding hydrogens is 308 g/mol. The number of aromatic carboxylic acids is 1. The van der Waals surface area contributed by atoms with Crippen molar-refractivity contribution in [3.63, 3.8) is 0 Å². The Balaban J connectivity index is 1.65. The summed E-state index contributed by atoms with van der Waals surface area (Å²) < 4.78 is 0. The molecule has 0 aliphatic carbocycles. The zero-order valence-electron chi connectivity index (χ0n) is 12.8. The van der Waals surface area contributed by atoms with E-state index in [9.17, 15) is 14.4 Å². The highest BCUT2D eigenvalue weighted by atomic mass is 16.4. The van der Waals surface area contributed by atoms with Crippen molar-refractivity contribution in [2.24, 2.45) is 0 Å². The number of rotatable bonds is 4. The number of fused-ring (bicyclic) bond motifs is 1. The molecule has 0 bridgehead atoms. The lowest BCUT2D eigenvalue weighted by atomic mass is 10.00. The molecule has 3 N–H and O–H groups in total. The first kappa shape index (κ1) is 15.7. The molecule has 6 nitrogen and oxygen atoms in total. The van der Waals surface area contributed by atoms with E-state index in [-0.39, 0.29) is 17.4 Å². The van der Waals surface area contributed by atoms with Gasteiger partial charge < -0.3 is 15.7 Å². The molecular formula is C18H16N2O4. The quantitative estimate of drug-likeness (QED) is 0.803. The summed E-state index contributed by atoms with van der Waals surface area (Å²) in [6.07, 6.45) is 1.05. The van der Waals surface area contributed by atoms with Gasteiger partial charge in [0.1, 0.15) is 0 Å². The molecule has 0 spiro atoms. The van der Waals surface area contributed by atoms with Crippen LogP contribution in [0.15, 0.2) is 42.5 Å². The Labute approximate surface area is 138 Å². The predicted octanol–water partition coefficient (Wildman–Crippen LogP) is 2.20. The van der Waals surface area contributed by atoms with E-state index in [1.807, 2.05) is 0 Å². The zero-order chi connectivity index (χ0) is 17.1. The molecule has 0 unspecified atom stereocenters. The third-order valence-corrected chi connectivity index (χ3v) is 3.92. The van der Waals surface area contributed by atoms with Crippen LogP contribution in [0.3, 0.4) is 0 Å². The summed E-state index contributed by atoms with van der Waals surface area (Å²) in [4.78, 5) is 34.4. The lowest BCUT2D eigenvalue weighted by Gasteiger charge is -2.17. The second kappa shape index (κ2) is 6.54. The number of anilines is 1. The molecule has 24 heavy (non-hydrogen) atoms. The van der Waals surface area contributed by atoms with Crippen molar-refractivity contribution in [2.75, 3.05) is 5.32 Å². The Hall–Kier alpha value is -3.15. The molecule has 1 aliphatic rings. The molecule has 0 aromatic heterocycles. The molecule has 6 heteroatoms. The summed E-state index contributed by atoms with van der Waals surface area (Å²) in [6.45, 7) is 0.312. The highest BCUT2D eigenvalue weighted by Crippen LogP contribution is 2.23. The van der Waals surface area contributed by atoms with E-state index in [1.54, 1.807) is 30.3 Å². The molecule has 0 saturated carbocycles. The number of carboxylic acid groups (broad SMARTS) is 1. The van der Waals surface area contributed by atoms with Gasteiger partial charge in [0, 0.05) is 24.2 Å². The molecule has 122 valence electrons. The second-order valence-electron chi connectivity index (χ2n) is 5.60. The van der Waals surface area contributed by atoms with Crippen LogP contribution in [-0.2, 0) is 17.8 Å². The van der Waals surface area contributed by atoms with Crippen molar-refractivity contribution in [2.45, 2.75) is 19.4 Å². The van der Waals surface area contributed by atoms with E-state index in [2.05, 4.69) is 10.6 Å². The van der Waals surface area contributed by atoms with E-state index >= 15 is 0 Å². The van der Waals surface area contributed by atoms with Gasteiger partial charge in [-0.1, -0.05) is 12.1 Å². The van der Waals surface area contributed by atoms with Crippen LogP contribution in [0.1, 0.15) is 38.3 Å². The number of carbonyl (C=O) groups excluding carboxylic acids is 2. The Morgan fingerprint density at radius 2 is 1.75 bits per heavy atom. The van der Waals surface area contributed by atoms with Crippen LogP contribution in [-0.4, -0.2) is 22.9 Å². The number of benzene rings is 2. The fraction of sp³-hybridized carbons (Fsp3) is 0.167. The highest BCUT2D eigenvalue weighted by Gasteiger charge is 2.16. The molecule has 0 radical (unpaired) electrons. The Morgan fingerprint density at radius 3 is 2.46 bits per heavy atom. The van der Waals surface area contributed by atoms with Crippen LogP contribution in [0, 0.1) is 0 Å². The van der Waals surface area contributed by atoms with Gasteiger partial charge in [-0.2, -0.15) is 0 Å². The van der Waals surface area contributed by atoms with E-state index in [0.717, 1.165) is 16.8 Å². The van der Waals surface area contributed by atoms with Crippen molar-refractivity contribution >= 4 is 23.5 Å². The first-order chi connectivity index (χ1) is 11.5. The summed E-state index contributed by atoms with van der Waals surface area (Å²) in [5.41, 5.74) is 3.27. The maximum Gasteiger partial charge on any atom is 0.335 e. The first-order valence-electron chi connectivity index (χ1n) is 7.56. The van der Waals surface area contributed by atoms with E-state index in [4.69, 9.17) is 5.11 Å². The monoisotopic (exact) mass is 324 g/mol.